The molecule has 0 heterocycles. The third-order valence-electron chi connectivity index (χ3n) is 3.54. The zero-order chi connectivity index (χ0) is 16.0. The Kier molecular flexibility index (Phi) is 6.67. The Labute approximate surface area is 131 Å². The monoisotopic (exact) mass is 287 g/mol. The Morgan fingerprint density at radius 1 is 1.05 bits per heavy atom. The van der Waals surface area contributed by atoms with Crippen molar-refractivity contribution in [1.82, 2.24) is 5.32 Å². The summed E-state index contributed by atoms with van der Waals surface area (Å²) in [7, 11) is 0. The van der Waals surface area contributed by atoms with E-state index in [0.717, 1.165) is 13.0 Å². The van der Waals surface area contributed by atoms with Gasteiger partial charge in [0, 0.05) is 12.1 Å². The highest BCUT2D eigenvalue weighted by Gasteiger charge is 2.11. The predicted octanol–water partition coefficient (Wildman–Crippen LogP) is 5.31. The van der Waals surface area contributed by atoms with Gasteiger partial charge in [0.05, 0.1) is 0 Å². The molecular formula is C20H33N. The van der Waals surface area contributed by atoms with Crippen LogP contribution in [-0.4, -0.2) is 12.1 Å². The van der Waals surface area contributed by atoms with Crippen molar-refractivity contribution in [2.45, 2.75) is 60.4 Å². The maximum Gasteiger partial charge on any atom is 0.0175 e. The fourth-order valence-electron chi connectivity index (χ4n) is 2.22. The Bertz CT molecular complexity index is 444. The van der Waals surface area contributed by atoms with Gasteiger partial charge in [0.2, 0.25) is 0 Å². The van der Waals surface area contributed by atoms with Crippen molar-refractivity contribution in [3.63, 3.8) is 0 Å². The topological polar surface area (TPSA) is 12.0 Å². The summed E-state index contributed by atoms with van der Waals surface area (Å²) < 4.78 is 0. The molecule has 0 spiro atoms. The van der Waals surface area contributed by atoms with Gasteiger partial charge in [0.15, 0.2) is 0 Å². The second-order valence-electron chi connectivity index (χ2n) is 7.82. The first-order valence-corrected chi connectivity index (χ1v) is 8.22. The van der Waals surface area contributed by atoms with Crippen LogP contribution in [0.5, 0.6) is 0 Å². The lowest BCUT2D eigenvalue weighted by atomic mass is 9.97. The van der Waals surface area contributed by atoms with Gasteiger partial charge in [-0.3, -0.25) is 0 Å². The highest BCUT2D eigenvalue weighted by Crippen LogP contribution is 2.17. The summed E-state index contributed by atoms with van der Waals surface area (Å²) in [6, 6.07) is 9.02. The number of hydrogen-bond acceptors (Lipinski definition) is 1. The molecule has 1 N–H and O–H groups in total. The first kappa shape index (κ1) is 18.0. The van der Waals surface area contributed by atoms with Gasteiger partial charge in [0.1, 0.15) is 0 Å². The van der Waals surface area contributed by atoms with E-state index in [1.165, 1.54) is 16.7 Å². The minimum atomic E-state index is 0.162. The molecule has 0 fully saturated rings. The van der Waals surface area contributed by atoms with Crippen LogP contribution in [0.25, 0.3) is 6.08 Å². The second kappa shape index (κ2) is 7.79. The van der Waals surface area contributed by atoms with Crippen molar-refractivity contribution in [3.8, 4) is 0 Å². The van der Waals surface area contributed by atoms with Gasteiger partial charge in [-0.15, -0.1) is 0 Å². The van der Waals surface area contributed by atoms with Gasteiger partial charge < -0.3 is 5.32 Å². The van der Waals surface area contributed by atoms with E-state index in [2.05, 4.69) is 84.1 Å². The Morgan fingerprint density at radius 2 is 1.62 bits per heavy atom. The van der Waals surface area contributed by atoms with Gasteiger partial charge in [-0.1, -0.05) is 63.6 Å². The molecule has 0 unspecified atom stereocenters. The molecule has 1 aromatic carbocycles. The van der Waals surface area contributed by atoms with Crippen LogP contribution in [0.3, 0.4) is 0 Å². The average molecular weight is 287 g/mol. The van der Waals surface area contributed by atoms with E-state index < -0.39 is 0 Å². The van der Waals surface area contributed by atoms with E-state index in [1.807, 2.05) is 0 Å². The van der Waals surface area contributed by atoms with E-state index in [0.29, 0.717) is 11.8 Å². The first-order chi connectivity index (χ1) is 9.67. The van der Waals surface area contributed by atoms with E-state index in [9.17, 15) is 0 Å². The van der Waals surface area contributed by atoms with Crippen molar-refractivity contribution < 1.29 is 0 Å². The molecule has 118 valence electrons. The Hall–Kier alpha value is -1.08. The van der Waals surface area contributed by atoms with Gasteiger partial charge in [0.25, 0.3) is 0 Å². The summed E-state index contributed by atoms with van der Waals surface area (Å²) in [4.78, 5) is 0. The van der Waals surface area contributed by atoms with Crippen LogP contribution in [0.2, 0.25) is 0 Å². The zero-order valence-corrected chi connectivity index (χ0v) is 15.0. The van der Waals surface area contributed by atoms with Crippen LogP contribution >= 0.6 is 0 Å². The lowest BCUT2D eigenvalue weighted by Crippen LogP contribution is -2.37. The quantitative estimate of drug-likeness (QED) is 0.747. The lowest BCUT2D eigenvalue weighted by molar-refractivity contribution is 0.437. The van der Waals surface area contributed by atoms with Crippen LogP contribution in [0.15, 0.2) is 29.8 Å². The molecule has 0 saturated carbocycles. The SMILES string of the molecule is CC(C)Cc1ccc(/C=C(/CNC(C)(C)C)C(C)C)cc1. The molecule has 21 heavy (non-hydrogen) atoms. The van der Waals surface area contributed by atoms with Crippen LogP contribution in [0.1, 0.15) is 59.6 Å². The van der Waals surface area contributed by atoms with Gasteiger partial charge in [-0.25, -0.2) is 0 Å². The largest absolute Gasteiger partial charge is 0.308 e. The molecule has 0 saturated heterocycles. The van der Waals surface area contributed by atoms with Gasteiger partial charge in [-0.2, -0.15) is 0 Å². The molecule has 0 aliphatic rings. The molecule has 1 rings (SSSR count). The summed E-state index contributed by atoms with van der Waals surface area (Å²) in [5, 5.41) is 3.59. The minimum Gasteiger partial charge on any atom is -0.308 e. The summed E-state index contributed by atoms with van der Waals surface area (Å²) in [5.74, 6) is 1.28. The van der Waals surface area contributed by atoms with Crippen molar-refractivity contribution in [2.75, 3.05) is 6.54 Å². The second-order valence-corrected chi connectivity index (χ2v) is 7.82. The van der Waals surface area contributed by atoms with Gasteiger partial charge >= 0.3 is 0 Å². The zero-order valence-electron chi connectivity index (χ0n) is 15.0. The van der Waals surface area contributed by atoms with Crippen molar-refractivity contribution in [3.05, 3.63) is 41.0 Å². The third kappa shape index (κ3) is 7.47. The molecule has 0 radical (unpaired) electrons. The fraction of sp³-hybridized carbons (Fsp3) is 0.600. The molecule has 0 atom stereocenters. The number of benzene rings is 1. The van der Waals surface area contributed by atoms with Crippen LogP contribution in [0, 0.1) is 11.8 Å². The highest BCUT2D eigenvalue weighted by molar-refractivity contribution is 5.54. The standard InChI is InChI=1S/C20H33N/c1-15(2)12-17-8-10-18(11-9-17)13-19(16(3)4)14-21-20(5,6)7/h8-11,13,15-16,21H,12,14H2,1-7H3/b19-13-. The van der Waals surface area contributed by atoms with Crippen LogP contribution in [-0.2, 0) is 6.42 Å². The maximum atomic E-state index is 3.59. The normalized spacial score (nSPS) is 13.3. The molecular weight excluding hydrogens is 254 g/mol. The molecule has 0 aliphatic heterocycles. The molecule has 0 bridgehead atoms. The van der Waals surface area contributed by atoms with E-state index in [4.69, 9.17) is 0 Å². The highest BCUT2D eigenvalue weighted by atomic mass is 14.9. The summed E-state index contributed by atoms with van der Waals surface area (Å²) in [6.45, 7) is 16.7. The lowest BCUT2D eigenvalue weighted by Gasteiger charge is -2.23. The minimum absolute atomic E-state index is 0.162. The first-order valence-electron chi connectivity index (χ1n) is 8.22. The summed E-state index contributed by atoms with van der Waals surface area (Å²) in [6.07, 6.45) is 3.50. The molecule has 1 heteroatoms. The number of hydrogen-bond donors (Lipinski definition) is 1. The van der Waals surface area contributed by atoms with E-state index >= 15 is 0 Å². The van der Waals surface area contributed by atoms with Crippen molar-refractivity contribution >= 4 is 6.08 Å². The Morgan fingerprint density at radius 3 is 2.05 bits per heavy atom. The number of nitrogens with one attached hydrogen (secondary N) is 1. The Balaban J connectivity index is 2.80. The smallest absolute Gasteiger partial charge is 0.0175 e. The average Bonchev–Trinajstić information content (AvgIpc) is 2.34. The van der Waals surface area contributed by atoms with Crippen LogP contribution < -0.4 is 5.32 Å². The van der Waals surface area contributed by atoms with E-state index in [1.54, 1.807) is 0 Å². The predicted molar refractivity (Wildman–Crippen MR) is 95.6 cm³/mol. The molecule has 0 amide bonds. The molecule has 0 aliphatic carbocycles. The van der Waals surface area contributed by atoms with Crippen molar-refractivity contribution in [1.29, 1.82) is 0 Å². The summed E-state index contributed by atoms with van der Waals surface area (Å²) >= 11 is 0. The summed E-state index contributed by atoms with van der Waals surface area (Å²) in [5.41, 5.74) is 4.36. The third-order valence-corrected chi connectivity index (χ3v) is 3.54. The molecule has 1 nitrogen and oxygen atoms in total. The van der Waals surface area contributed by atoms with Gasteiger partial charge in [-0.05, 0) is 50.2 Å². The van der Waals surface area contributed by atoms with E-state index in [-0.39, 0.29) is 5.54 Å². The molecule has 0 aromatic heterocycles. The molecule has 1 aromatic rings. The number of rotatable bonds is 6. The fourth-order valence-corrected chi connectivity index (χ4v) is 2.22. The van der Waals surface area contributed by atoms with Crippen LogP contribution in [0.4, 0.5) is 0 Å². The van der Waals surface area contributed by atoms with Crippen molar-refractivity contribution in [2.24, 2.45) is 11.8 Å². The maximum absolute atomic E-state index is 3.59.